The number of H-pyrrole nitrogens is 1. The molecule has 0 aliphatic heterocycles. The quantitative estimate of drug-likeness (QED) is 0.497. The van der Waals surface area contributed by atoms with E-state index in [4.69, 9.17) is 14.2 Å². The van der Waals surface area contributed by atoms with Crippen molar-refractivity contribution in [1.82, 2.24) is 9.78 Å². The summed E-state index contributed by atoms with van der Waals surface area (Å²) in [5.74, 6) is 0.673. The Hall–Kier alpha value is -3.55. The van der Waals surface area contributed by atoms with Crippen LogP contribution in [-0.2, 0) is 16.1 Å². The lowest BCUT2D eigenvalue weighted by Gasteiger charge is -2.09. The summed E-state index contributed by atoms with van der Waals surface area (Å²) in [6.45, 7) is -0.222. The van der Waals surface area contributed by atoms with Crippen LogP contribution in [-0.4, -0.2) is 36.1 Å². The van der Waals surface area contributed by atoms with Crippen molar-refractivity contribution in [2.45, 2.75) is 6.54 Å². The Morgan fingerprint density at radius 2 is 1.63 bits per heavy atom. The molecule has 8 nitrogen and oxygen atoms in total. The molecule has 1 N–H and O–H groups in total. The van der Waals surface area contributed by atoms with Crippen molar-refractivity contribution in [1.29, 1.82) is 0 Å². The molecular formula is C19H18N2O6. The highest BCUT2D eigenvalue weighted by atomic mass is 16.6. The number of hydrogen-bond donors (Lipinski definition) is 1. The Morgan fingerprint density at radius 3 is 2.33 bits per heavy atom. The van der Waals surface area contributed by atoms with Gasteiger partial charge in [0.2, 0.25) is 0 Å². The molecule has 0 aliphatic rings. The van der Waals surface area contributed by atoms with Gasteiger partial charge in [0, 0.05) is 0 Å². The van der Waals surface area contributed by atoms with Crippen molar-refractivity contribution in [3.63, 3.8) is 0 Å². The maximum Gasteiger partial charge on any atom is 0.327 e. The molecule has 1 aromatic heterocycles. The largest absolute Gasteiger partial charge is 0.497 e. The molecule has 3 aromatic rings. The van der Waals surface area contributed by atoms with E-state index >= 15 is 0 Å². The second-order valence-electron chi connectivity index (χ2n) is 5.62. The van der Waals surface area contributed by atoms with Crippen LogP contribution in [0, 0.1) is 0 Å². The minimum atomic E-state index is -0.652. The SMILES string of the molecule is COc1ccc(OCCOC(=O)Cn2[nH]c(=O)c3ccccc3c2=O)cc1. The van der Waals surface area contributed by atoms with Gasteiger partial charge in [0.15, 0.2) is 0 Å². The molecule has 0 spiro atoms. The number of rotatable bonds is 7. The van der Waals surface area contributed by atoms with Crippen LogP contribution in [0.1, 0.15) is 0 Å². The molecule has 0 fully saturated rings. The molecule has 0 bridgehead atoms. The van der Waals surface area contributed by atoms with E-state index in [1.54, 1.807) is 49.6 Å². The summed E-state index contributed by atoms with van der Waals surface area (Å²) in [5, 5.41) is 2.91. The predicted octanol–water partition coefficient (Wildman–Crippen LogP) is 1.32. The van der Waals surface area contributed by atoms with Crippen LogP contribution < -0.4 is 20.6 Å². The first-order valence-corrected chi connectivity index (χ1v) is 8.23. The second-order valence-corrected chi connectivity index (χ2v) is 5.62. The van der Waals surface area contributed by atoms with Gasteiger partial charge in [0.05, 0.1) is 17.9 Å². The number of fused-ring (bicyclic) bond motifs is 1. The van der Waals surface area contributed by atoms with Crippen LogP contribution in [0.4, 0.5) is 0 Å². The van der Waals surface area contributed by atoms with Gasteiger partial charge in [-0.2, -0.15) is 0 Å². The smallest absolute Gasteiger partial charge is 0.327 e. The summed E-state index contributed by atoms with van der Waals surface area (Å²) in [4.78, 5) is 36.3. The number of hydrogen-bond acceptors (Lipinski definition) is 6. The third-order valence-electron chi connectivity index (χ3n) is 3.85. The normalized spacial score (nSPS) is 10.6. The Morgan fingerprint density at radius 1 is 0.963 bits per heavy atom. The van der Waals surface area contributed by atoms with Crippen molar-refractivity contribution in [3.8, 4) is 11.5 Å². The minimum absolute atomic E-state index is 0.0113. The molecule has 2 aromatic carbocycles. The fourth-order valence-corrected chi connectivity index (χ4v) is 2.52. The first-order valence-electron chi connectivity index (χ1n) is 8.23. The Labute approximate surface area is 153 Å². The molecule has 8 heteroatoms. The highest BCUT2D eigenvalue weighted by molar-refractivity contribution is 5.80. The Balaban J connectivity index is 1.55. The average molecular weight is 370 g/mol. The van der Waals surface area contributed by atoms with Gasteiger partial charge in [-0.25, -0.2) is 4.68 Å². The number of aromatic nitrogens is 2. The van der Waals surface area contributed by atoms with Crippen LogP contribution in [0.3, 0.4) is 0 Å². The summed E-state index contributed by atoms with van der Waals surface area (Å²) in [6, 6.07) is 13.4. The number of ether oxygens (including phenoxy) is 3. The van der Waals surface area contributed by atoms with E-state index in [1.807, 2.05) is 0 Å². The lowest BCUT2D eigenvalue weighted by Crippen LogP contribution is -2.33. The number of carbonyl (C=O) groups is 1. The van der Waals surface area contributed by atoms with Crippen molar-refractivity contribution in [2.75, 3.05) is 20.3 Å². The van der Waals surface area contributed by atoms with Crippen LogP contribution >= 0.6 is 0 Å². The van der Waals surface area contributed by atoms with Gasteiger partial charge in [-0.15, -0.1) is 0 Å². The Kier molecular flexibility index (Phi) is 5.55. The molecule has 140 valence electrons. The summed E-state index contributed by atoms with van der Waals surface area (Å²) in [5.41, 5.74) is -0.905. The lowest BCUT2D eigenvalue weighted by atomic mass is 10.2. The van der Waals surface area contributed by atoms with Gasteiger partial charge in [0.1, 0.15) is 31.3 Å². The van der Waals surface area contributed by atoms with Crippen molar-refractivity contribution >= 4 is 16.7 Å². The molecular weight excluding hydrogens is 352 g/mol. The van der Waals surface area contributed by atoms with Crippen LogP contribution in [0.2, 0.25) is 0 Å². The standard InChI is InChI=1S/C19H18N2O6/c1-25-13-6-8-14(9-7-13)26-10-11-27-17(22)12-21-19(24)16-5-3-2-4-15(16)18(23)20-21/h2-9H,10-12H2,1H3,(H,20,23). The lowest BCUT2D eigenvalue weighted by molar-refractivity contribution is -0.145. The average Bonchev–Trinajstić information content (AvgIpc) is 2.70. The van der Waals surface area contributed by atoms with Gasteiger partial charge in [-0.1, -0.05) is 12.1 Å². The fourth-order valence-electron chi connectivity index (χ4n) is 2.52. The monoisotopic (exact) mass is 370 g/mol. The maximum absolute atomic E-state index is 12.3. The predicted molar refractivity (Wildman–Crippen MR) is 98.3 cm³/mol. The molecule has 0 aliphatic carbocycles. The molecule has 0 saturated carbocycles. The molecule has 0 saturated heterocycles. The molecule has 0 radical (unpaired) electrons. The molecule has 0 atom stereocenters. The van der Waals surface area contributed by atoms with Gasteiger partial charge < -0.3 is 14.2 Å². The number of aromatic amines is 1. The van der Waals surface area contributed by atoms with Crippen molar-refractivity contribution in [2.24, 2.45) is 0 Å². The van der Waals surface area contributed by atoms with E-state index in [1.165, 1.54) is 6.07 Å². The minimum Gasteiger partial charge on any atom is -0.497 e. The van der Waals surface area contributed by atoms with Crippen molar-refractivity contribution < 1.29 is 19.0 Å². The van der Waals surface area contributed by atoms with Gasteiger partial charge in [-0.3, -0.25) is 19.5 Å². The summed E-state index contributed by atoms with van der Waals surface area (Å²) in [7, 11) is 1.57. The molecule has 1 heterocycles. The number of methoxy groups -OCH3 is 1. The third kappa shape index (κ3) is 4.35. The van der Waals surface area contributed by atoms with Crippen LogP contribution in [0.5, 0.6) is 11.5 Å². The van der Waals surface area contributed by atoms with Crippen molar-refractivity contribution in [3.05, 3.63) is 69.2 Å². The van der Waals surface area contributed by atoms with E-state index in [0.717, 1.165) is 4.68 Å². The van der Waals surface area contributed by atoms with Gasteiger partial charge >= 0.3 is 5.97 Å². The highest BCUT2D eigenvalue weighted by Crippen LogP contribution is 2.16. The van der Waals surface area contributed by atoms with Crippen LogP contribution in [0.25, 0.3) is 10.8 Å². The van der Waals surface area contributed by atoms with E-state index in [9.17, 15) is 14.4 Å². The number of nitrogens with zero attached hydrogens (tertiary/aromatic N) is 1. The zero-order chi connectivity index (χ0) is 19.2. The van der Waals surface area contributed by atoms with E-state index in [0.29, 0.717) is 11.5 Å². The molecule has 3 rings (SSSR count). The maximum atomic E-state index is 12.3. The zero-order valence-electron chi connectivity index (χ0n) is 14.6. The summed E-state index contributed by atoms with van der Waals surface area (Å²) in [6.07, 6.45) is 0. The zero-order valence-corrected chi connectivity index (χ0v) is 14.6. The van der Waals surface area contributed by atoms with E-state index < -0.39 is 17.1 Å². The molecule has 0 amide bonds. The highest BCUT2D eigenvalue weighted by Gasteiger charge is 2.11. The number of benzene rings is 2. The van der Waals surface area contributed by atoms with Crippen LogP contribution in [0.15, 0.2) is 58.1 Å². The molecule has 27 heavy (non-hydrogen) atoms. The first kappa shape index (κ1) is 18.2. The summed E-state index contributed by atoms with van der Waals surface area (Å²) < 4.78 is 16.5. The third-order valence-corrected chi connectivity index (χ3v) is 3.85. The van der Waals surface area contributed by atoms with E-state index in [-0.39, 0.29) is 30.5 Å². The first-order chi connectivity index (χ1) is 13.1. The molecule has 0 unspecified atom stereocenters. The number of esters is 1. The number of nitrogens with one attached hydrogen (secondary N) is 1. The second kappa shape index (κ2) is 8.22. The van der Waals surface area contributed by atoms with Gasteiger partial charge in [0.25, 0.3) is 11.1 Å². The fraction of sp³-hybridized carbons (Fsp3) is 0.211. The number of carbonyl (C=O) groups excluding carboxylic acids is 1. The Bertz CT molecular complexity index is 1050. The summed E-state index contributed by atoms with van der Waals surface area (Å²) >= 11 is 0. The topological polar surface area (TPSA) is 99.6 Å². The van der Waals surface area contributed by atoms with E-state index in [2.05, 4.69) is 5.10 Å². The van der Waals surface area contributed by atoms with Gasteiger partial charge in [-0.05, 0) is 36.4 Å².